The maximum absolute atomic E-state index is 12.6. The van der Waals surface area contributed by atoms with Gasteiger partial charge in [0.1, 0.15) is 0 Å². The van der Waals surface area contributed by atoms with Crippen LogP contribution in [0.15, 0.2) is 40.9 Å². The van der Waals surface area contributed by atoms with E-state index in [-0.39, 0.29) is 23.7 Å². The van der Waals surface area contributed by atoms with E-state index in [4.69, 9.17) is 0 Å². The van der Waals surface area contributed by atoms with Gasteiger partial charge >= 0.3 is 0 Å². The average Bonchev–Trinajstić information content (AvgIpc) is 3.06. The fourth-order valence-corrected chi connectivity index (χ4v) is 4.15. The van der Waals surface area contributed by atoms with E-state index in [0.717, 1.165) is 40.2 Å². The van der Waals surface area contributed by atoms with Crippen molar-refractivity contribution in [3.05, 3.63) is 40.9 Å². The van der Waals surface area contributed by atoms with Crippen LogP contribution in [0.2, 0.25) is 0 Å². The number of benzene rings is 2. The highest BCUT2D eigenvalue weighted by Crippen LogP contribution is 2.43. The Bertz CT molecular complexity index is 748. The molecule has 2 unspecified atom stereocenters. The summed E-state index contributed by atoms with van der Waals surface area (Å²) < 4.78 is 0.973. The Morgan fingerprint density at radius 2 is 1.52 bits per heavy atom. The Hall–Kier alpha value is -1.68. The van der Waals surface area contributed by atoms with Crippen molar-refractivity contribution in [2.45, 2.75) is 19.3 Å². The van der Waals surface area contributed by atoms with Crippen LogP contribution in [0, 0.1) is 11.8 Å². The lowest BCUT2D eigenvalue weighted by Crippen LogP contribution is -2.31. The fourth-order valence-electron chi connectivity index (χ4n) is 3.67. The molecule has 1 heterocycles. The minimum atomic E-state index is -0.0973. The average molecular weight is 344 g/mol. The van der Waals surface area contributed by atoms with E-state index >= 15 is 0 Å². The van der Waals surface area contributed by atoms with E-state index in [0.29, 0.717) is 0 Å². The third-order valence-corrected chi connectivity index (χ3v) is 5.37. The van der Waals surface area contributed by atoms with Crippen LogP contribution in [0.1, 0.15) is 19.3 Å². The second-order valence-electron chi connectivity index (χ2n) is 5.77. The van der Waals surface area contributed by atoms with Gasteiger partial charge in [0.2, 0.25) is 11.8 Å². The van der Waals surface area contributed by atoms with Gasteiger partial charge in [-0.05, 0) is 30.4 Å². The summed E-state index contributed by atoms with van der Waals surface area (Å²) >= 11 is 3.53. The van der Waals surface area contributed by atoms with Crippen LogP contribution in [0.5, 0.6) is 0 Å². The number of hydrogen-bond donors (Lipinski definition) is 0. The summed E-state index contributed by atoms with van der Waals surface area (Å²) in [6.07, 6.45) is 2.68. The van der Waals surface area contributed by atoms with Gasteiger partial charge in [-0.15, -0.1) is 0 Å². The third kappa shape index (κ3) is 1.78. The maximum Gasteiger partial charge on any atom is 0.237 e. The molecule has 2 amide bonds. The highest BCUT2D eigenvalue weighted by Gasteiger charge is 2.50. The molecule has 1 saturated carbocycles. The lowest BCUT2D eigenvalue weighted by molar-refractivity contribution is -0.122. The minimum Gasteiger partial charge on any atom is -0.274 e. The molecule has 4 heteroatoms. The predicted octanol–water partition coefficient (Wildman–Crippen LogP) is 3.89. The van der Waals surface area contributed by atoms with E-state index in [1.165, 1.54) is 4.90 Å². The van der Waals surface area contributed by atoms with Crippen LogP contribution in [-0.4, -0.2) is 11.8 Å². The summed E-state index contributed by atoms with van der Waals surface area (Å²) in [5.74, 6) is -0.232. The Balaban J connectivity index is 1.90. The molecule has 1 saturated heterocycles. The lowest BCUT2D eigenvalue weighted by atomic mass is 10.00. The normalized spacial score (nSPS) is 24.9. The number of halogens is 1. The minimum absolute atomic E-state index is 0.0185. The lowest BCUT2D eigenvalue weighted by Gasteiger charge is -2.18. The number of rotatable bonds is 1. The van der Waals surface area contributed by atoms with Crippen LogP contribution < -0.4 is 4.90 Å². The number of amides is 2. The molecule has 21 heavy (non-hydrogen) atoms. The van der Waals surface area contributed by atoms with E-state index in [2.05, 4.69) is 15.9 Å². The molecule has 2 atom stereocenters. The van der Waals surface area contributed by atoms with Gasteiger partial charge in [0.25, 0.3) is 0 Å². The van der Waals surface area contributed by atoms with Gasteiger partial charge in [-0.3, -0.25) is 9.59 Å². The van der Waals surface area contributed by atoms with Crippen LogP contribution in [-0.2, 0) is 9.59 Å². The molecule has 2 aromatic rings. The standard InChI is InChI=1S/C17H14BrNO2/c18-14-8-9-15(11-5-2-1-4-10(11)14)19-16(20)12-6-3-7-13(12)17(19)21/h1-2,4-5,8-9,12-13H,3,6-7H2. The van der Waals surface area contributed by atoms with Crippen molar-refractivity contribution in [3.8, 4) is 0 Å². The highest BCUT2D eigenvalue weighted by atomic mass is 79.9. The first-order chi connectivity index (χ1) is 10.2. The highest BCUT2D eigenvalue weighted by molar-refractivity contribution is 9.10. The first kappa shape index (κ1) is 13.0. The number of anilines is 1. The van der Waals surface area contributed by atoms with Crippen LogP contribution >= 0.6 is 15.9 Å². The molecule has 0 radical (unpaired) electrons. The number of nitrogens with zero attached hydrogens (tertiary/aromatic N) is 1. The second-order valence-corrected chi connectivity index (χ2v) is 6.62. The van der Waals surface area contributed by atoms with E-state index in [1.807, 2.05) is 36.4 Å². The first-order valence-corrected chi connectivity index (χ1v) is 8.03. The topological polar surface area (TPSA) is 37.4 Å². The van der Waals surface area contributed by atoms with E-state index in [9.17, 15) is 9.59 Å². The van der Waals surface area contributed by atoms with Crippen molar-refractivity contribution in [1.82, 2.24) is 0 Å². The molecule has 0 N–H and O–H groups in total. The van der Waals surface area contributed by atoms with Gasteiger partial charge in [0.05, 0.1) is 17.5 Å². The molecular formula is C17H14BrNO2. The molecule has 1 aliphatic carbocycles. The van der Waals surface area contributed by atoms with Gasteiger partial charge in [-0.25, -0.2) is 4.90 Å². The fraction of sp³-hybridized carbons (Fsp3) is 0.294. The predicted molar refractivity (Wildman–Crippen MR) is 85.0 cm³/mol. The molecule has 1 aliphatic heterocycles. The van der Waals surface area contributed by atoms with Gasteiger partial charge in [-0.1, -0.05) is 46.6 Å². The zero-order valence-electron chi connectivity index (χ0n) is 11.4. The number of imide groups is 1. The van der Waals surface area contributed by atoms with Crippen LogP contribution in [0.25, 0.3) is 10.8 Å². The summed E-state index contributed by atoms with van der Waals surface area (Å²) in [5, 5.41) is 1.96. The second kappa shape index (κ2) is 4.67. The summed E-state index contributed by atoms with van der Waals surface area (Å²) in [7, 11) is 0. The molecule has 0 aromatic heterocycles. The van der Waals surface area contributed by atoms with Gasteiger partial charge in [0, 0.05) is 9.86 Å². The monoisotopic (exact) mass is 343 g/mol. The smallest absolute Gasteiger partial charge is 0.237 e. The van der Waals surface area contributed by atoms with Crippen molar-refractivity contribution < 1.29 is 9.59 Å². The quantitative estimate of drug-likeness (QED) is 0.736. The van der Waals surface area contributed by atoms with Gasteiger partial charge in [-0.2, -0.15) is 0 Å². The van der Waals surface area contributed by atoms with Gasteiger partial charge in [0.15, 0.2) is 0 Å². The number of carbonyl (C=O) groups is 2. The van der Waals surface area contributed by atoms with Crippen molar-refractivity contribution in [2.75, 3.05) is 4.90 Å². The van der Waals surface area contributed by atoms with E-state index in [1.54, 1.807) is 0 Å². The molecule has 2 fully saturated rings. The molecule has 106 valence electrons. The van der Waals surface area contributed by atoms with Crippen LogP contribution in [0.4, 0.5) is 5.69 Å². The van der Waals surface area contributed by atoms with Crippen molar-refractivity contribution in [3.63, 3.8) is 0 Å². The maximum atomic E-state index is 12.6. The molecular weight excluding hydrogens is 330 g/mol. The molecule has 0 bridgehead atoms. The molecule has 2 aromatic carbocycles. The largest absolute Gasteiger partial charge is 0.274 e. The van der Waals surface area contributed by atoms with E-state index < -0.39 is 0 Å². The SMILES string of the molecule is O=C1C2CCCC2C(=O)N1c1ccc(Br)c2ccccc12. The molecule has 3 nitrogen and oxygen atoms in total. The van der Waals surface area contributed by atoms with Crippen molar-refractivity contribution in [1.29, 1.82) is 0 Å². The third-order valence-electron chi connectivity index (χ3n) is 4.68. The molecule has 0 spiro atoms. The number of carbonyl (C=O) groups excluding carboxylic acids is 2. The number of hydrogen-bond acceptors (Lipinski definition) is 2. The van der Waals surface area contributed by atoms with Crippen molar-refractivity contribution >= 4 is 44.2 Å². The molecule has 4 rings (SSSR count). The van der Waals surface area contributed by atoms with Crippen molar-refractivity contribution in [2.24, 2.45) is 11.8 Å². The zero-order valence-corrected chi connectivity index (χ0v) is 13.0. The van der Waals surface area contributed by atoms with Crippen LogP contribution in [0.3, 0.4) is 0 Å². The number of fused-ring (bicyclic) bond motifs is 2. The first-order valence-electron chi connectivity index (χ1n) is 7.23. The Morgan fingerprint density at radius 1 is 0.905 bits per heavy atom. The molecule has 2 aliphatic rings. The zero-order chi connectivity index (χ0) is 14.6. The Morgan fingerprint density at radius 3 is 2.19 bits per heavy atom. The van der Waals surface area contributed by atoms with Gasteiger partial charge < -0.3 is 0 Å². The summed E-state index contributed by atoms with van der Waals surface area (Å²) in [4.78, 5) is 26.7. The summed E-state index contributed by atoms with van der Waals surface area (Å²) in [6.45, 7) is 0. The summed E-state index contributed by atoms with van der Waals surface area (Å²) in [5.41, 5.74) is 0.721. The summed E-state index contributed by atoms with van der Waals surface area (Å²) in [6, 6.07) is 11.6. The Labute approximate surface area is 131 Å². The Kier molecular flexibility index (Phi) is 2.89.